The molecule has 1 saturated heterocycles. The molecule has 3 N–H and O–H groups in total. The zero-order chi connectivity index (χ0) is 17.8. The van der Waals surface area contributed by atoms with Crippen LogP contribution in [0.4, 0.5) is 5.69 Å². The van der Waals surface area contributed by atoms with Crippen LogP contribution in [0, 0.1) is 0 Å². The zero-order valence-corrected chi connectivity index (χ0v) is 14.8. The molecule has 132 valence electrons. The van der Waals surface area contributed by atoms with Crippen LogP contribution in [0.5, 0.6) is 11.5 Å². The van der Waals surface area contributed by atoms with E-state index < -0.39 is 0 Å². The first-order valence-corrected chi connectivity index (χ1v) is 8.28. The van der Waals surface area contributed by atoms with Gasteiger partial charge in [-0.1, -0.05) is 23.7 Å². The summed E-state index contributed by atoms with van der Waals surface area (Å²) in [6, 6.07) is 12.5. The molecular formula is C18H20ClN3O3. The van der Waals surface area contributed by atoms with Gasteiger partial charge < -0.3 is 14.8 Å². The largest absolute Gasteiger partial charge is 0.497 e. The number of nitrogens with one attached hydrogen (secondary N) is 3. The number of halogens is 1. The third-order valence-corrected chi connectivity index (χ3v) is 4.37. The van der Waals surface area contributed by atoms with Crippen LogP contribution in [0.3, 0.4) is 0 Å². The molecule has 0 spiro atoms. The fourth-order valence-electron chi connectivity index (χ4n) is 2.79. The van der Waals surface area contributed by atoms with E-state index in [0.717, 1.165) is 5.56 Å². The molecule has 2 aromatic carbocycles. The Morgan fingerprint density at radius 2 is 2.00 bits per heavy atom. The van der Waals surface area contributed by atoms with Gasteiger partial charge in [0.25, 0.3) is 0 Å². The van der Waals surface area contributed by atoms with Crippen LogP contribution in [0.25, 0.3) is 0 Å². The minimum atomic E-state index is -0.365. The highest BCUT2D eigenvalue weighted by atomic mass is 35.5. The van der Waals surface area contributed by atoms with Crippen LogP contribution in [-0.2, 0) is 4.79 Å². The van der Waals surface area contributed by atoms with E-state index in [0.29, 0.717) is 28.6 Å². The fourth-order valence-corrected chi connectivity index (χ4v) is 2.99. The lowest BCUT2D eigenvalue weighted by Crippen LogP contribution is -2.39. The molecule has 1 aliphatic rings. The number of hydrazine groups is 1. The van der Waals surface area contributed by atoms with Crippen molar-refractivity contribution >= 4 is 23.2 Å². The smallest absolute Gasteiger partial charge is 0.243 e. The summed E-state index contributed by atoms with van der Waals surface area (Å²) in [6.07, 6.45) is 0.616. The quantitative estimate of drug-likeness (QED) is 0.763. The number of hydrogen-bond donors (Lipinski definition) is 3. The van der Waals surface area contributed by atoms with Crippen molar-refractivity contribution < 1.29 is 14.3 Å². The van der Waals surface area contributed by atoms with Crippen molar-refractivity contribution in [3.05, 3.63) is 53.1 Å². The van der Waals surface area contributed by atoms with E-state index in [2.05, 4.69) is 16.2 Å². The topological polar surface area (TPSA) is 71.6 Å². The number of ether oxygens (including phenoxy) is 2. The van der Waals surface area contributed by atoms with Gasteiger partial charge in [0.1, 0.15) is 17.5 Å². The molecular weight excluding hydrogens is 342 g/mol. The van der Waals surface area contributed by atoms with Gasteiger partial charge in [0.2, 0.25) is 5.91 Å². The van der Waals surface area contributed by atoms with Crippen molar-refractivity contribution in [2.45, 2.75) is 18.5 Å². The van der Waals surface area contributed by atoms with Crippen molar-refractivity contribution in [2.75, 3.05) is 19.5 Å². The molecule has 0 aromatic heterocycles. The van der Waals surface area contributed by atoms with E-state index in [1.165, 1.54) is 0 Å². The average Bonchev–Trinajstić information content (AvgIpc) is 3.12. The van der Waals surface area contributed by atoms with Gasteiger partial charge in [0.15, 0.2) is 0 Å². The third kappa shape index (κ3) is 4.04. The molecule has 3 rings (SSSR count). The van der Waals surface area contributed by atoms with Gasteiger partial charge in [-0.25, -0.2) is 10.9 Å². The Morgan fingerprint density at radius 3 is 2.72 bits per heavy atom. The molecule has 1 amide bonds. The second-order valence-corrected chi connectivity index (χ2v) is 6.18. The number of hydrogen-bond acceptors (Lipinski definition) is 5. The summed E-state index contributed by atoms with van der Waals surface area (Å²) in [5.41, 5.74) is 7.81. The summed E-state index contributed by atoms with van der Waals surface area (Å²) in [7, 11) is 3.13. The maximum absolute atomic E-state index is 12.6. The molecule has 7 heteroatoms. The Morgan fingerprint density at radius 1 is 1.16 bits per heavy atom. The van der Waals surface area contributed by atoms with Crippen LogP contribution in [0.2, 0.25) is 5.02 Å². The minimum Gasteiger partial charge on any atom is -0.497 e. The number of methoxy groups -OCH3 is 2. The Bertz CT molecular complexity index is 769. The first-order chi connectivity index (χ1) is 12.1. The molecule has 6 nitrogen and oxygen atoms in total. The molecule has 1 fully saturated rings. The number of rotatable bonds is 5. The molecule has 2 aromatic rings. The molecule has 2 atom stereocenters. The number of carbonyl (C=O) groups is 1. The molecule has 0 saturated carbocycles. The van der Waals surface area contributed by atoms with Crippen molar-refractivity contribution in [3.63, 3.8) is 0 Å². The normalized spacial score (nSPS) is 19.5. The van der Waals surface area contributed by atoms with E-state index in [9.17, 15) is 4.79 Å². The van der Waals surface area contributed by atoms with Gasteiger partial charge >= 0.3 is 0 Å². The van der Waals surface area contributed by atoms with Gasteiger partial charge in [-0.3, -0.25) is 4.79 Å². The molecule has 0 aliphatic carbocycles. The van der Waals surface area contributed by atoms with Crippen molar-refractivity contribution in [1.29, 1.82) is 0 Å². The molecule has 1 heterocycles. The van der Waals surface area contributed by atoms with Crippen LogP contribution < -0.4 is 25.6 Å². The van der Waals surface area contributed by atoms with Crippen molar-refractivity contribution in [2.24, 2.45) is 0 Å². The van der Waals surface area contributed by atoms with Crippen LogP contribution in [-0.4, -0.2) is 26.2 Å². The second kappa shape index (κ2) is 7.74. The van der Waals surface area contributed by atoms with Crippen LogP contribution in [0.1, 0.15) is 18.0 Å². The lowest BCUT2D eigenvalue weighted by Gasteiger charge is -2.14. The summed E-state index contributed by atoms with van der Waals surface area (Å²) in [5.74, 6) is 1.07. The molecule has 0 radical (unpaired) electrons. The highest BCUT2D eigenvalue weighted by Gasteiger charge is 2.30. The summed E-state index contributed by atoms with van der Waals surface area (Å²) in [5, 5.41) is 3.57. The zero-order valence-electron chi connectivity index (χ0n) is 14.0. The van der Waals surface area contributed by atoms with E-state index in [1.54, 1.807) is 32.4 Å². The van der Waals surface area contributed by atoms with Crippen molar-refractivity contribution in [3.8, 4) is 11.5 Å². The van der Waals surface area contributed by atoms with Gasteiger partial charge in [-0.05, 0) is 36.2 Å². The number of anilines is 1. The lowest BCUT2D eigenvalue weighted by molar-refractivity contribution is -0.117. The summed E-state index contributed by atoms with van der Waals surface area (Å²) in [6.45, 7) is 0. The Labute approximate surface area is 151 Å². The monoisotopic (exact) mass is 361 g/mol. The van der Waals surface area contributed by atoms with E-state index >= 15 is 0 Å². The molecule has 1 aliphatic heterocycles. The summed E-state index contributed by atoms with van der Waals surface area (Å²) >= 11 is 6.04. The van der Waals surface area contributed by atoms with E-state index in [1.807, 2.05) is 24.3 Å². The predicted molar refractivity (Wildman–Crippen MR) is 97.0 cm³/mol. The van der Waals surface area contributed by atoms with Gasteiger partial charge in [0, 0.05) is 17.1 Å². The van der Waals surface area contributed by atoms with Gasteiger partial charge in [-0.2, -0.15) is 0 Å². The second-order valence-electron chi connectivity index (χ2n) is 5.74. The third-order valence-electron chi connectivity index (χ3n) is 4.14. The van der Waals surface area contributed by atoms with Gasteiger partial charge in [-0.15, -0.1) is 0 Å². The van der Waals surface area contributed by atoms with Crippen molar-refractivity contribution in [1.82, 2.24) is 10.9 Å². The predicted octanol–water partition coefficient (Wildman–Crippen LogP) is 2.90. The van der Waals surface area contributed by atoms with E-state index in [-0.39, 0.29) is 18.0 Å². The average molecular weight is 362 g/mol. The minimum absolute atomic E-state index is 0.0206. The summed E-state index contributed by atoms with van der Waals surface area (Å²) < 4.78 is 10.5. The highest BCUT2D eigenvalue weighted by Crippen LogP contribution is 2.30. The van der Waals surface area contributed by atoms with Crippen LogP contribution >= 0.6 is 11.6 Å². The fraction of sp³-hybridized carbons (Fsp3) is 0.278. The maximum atomic E-state index is 12.6. The first kappa shape index (κ1) is 17.5. The van der Waals surface area contributed by atoms with Crippen LogP contribution in [0.15, 0.2) is 42.5 Å². The molecule has 2 unspecified atom stereocenters. The standard InChI is InChI=1S/C18H20ClN3O3/c1-24-13-6-7-14(17(9-13)25-2)20-18(23)16-10-15(21-22-16)11-4-3-5-12(19)8-11/h3-9,15-16,21-22H,10H2,1-2H3,(H,20,23). The molecule has 0 bridgehead atoms. The Kier molecular flexibility index (Phi) is 5.43. The first-order valence-electron chi connectivity index (χ1n) is 7.90. The number of amides is 1. The molecule has 25 heavy (non-hydrogen) atoms. The highest BCUT2D eigenvalue weighted by molar-refractivity contribution is 6.30. The Balaban J connectivity index is 1.67. The number of benzene rings is 2. The maximum Gasteiger partial charge on any atom is 0.243 e. The van der Waals surface area contributed by atoms with E-state index in [4.69, 9.17) is 21.1 Å². The van der Waals surface area contributed by atoms with Gasteiger partial charge in [0.05, 0.1) is 19.9 Å². The lowest BCUT2D eigenvalue weighted by atomic mass is 10.0. The number of carbonyl (C=O) groups excluding carboxylic acids is 1. The SMILES string of the molecule is COc1ccc(NC(=O)C2CC(c3cccc(Cl)c3)NN2)c(OC)c1. The summed E-state index contributed by atoms with van der Waals surface area (Å²) in [4.78, 5) is 12.6. The Hall–Kier alpha value is -2.28.